The van der Waals surface area contributed by atoms with Crippen LogP contribution in [0.25, 0.3) is 0 Å². The molecule has 1 aromatic heterocycles. The van der Waals surface area contributed by atoms with Gasteiger partial charge in [-0.2, -0.15) is 4.98 Å². The summed E-state index contributed by atoms with van der Waals surface area (Å²) in [5.74, 6) is 1.18. The van der Waals surface area contributed by atoms with E-state index in [-0.39, 0.29) is 11.8 Å². The Bertz CT molecular complexity index is 539. The van der Waals surface area contributed by atoms with Crippen molar-refractivity contribution in [3.63, 3.8) is 0 Å². The molecule has 0 fully saturated rings. The zero-order valence-corrected chi connectivity index (χ0v) is 10.1. The molecule has 0 radical (unpaired) electrons. The van der Waals surface area contributed by atoms with Gasteiger partial charge in [0.25, 0.3) is 5.56 Å². The summed E-state index contributed by atoms with van der Waals surface area (Å²) >= 11 is 0. The Morgan fingerprint density at radius 1 is 1.33 bits per heavy atom. The first-order chi connectivity index (χ1) is 8.78. The fourth-order valence-electron chi connectivity index (χ4n) is 1.48. The summed E-state index contributed by atoms with van der Waals surface area (Å²) in [6.45, 7) is 1.99. The molecule has 2 N–H and O–H groups in total. The Morgan fingerprint density at radius 3 is 2.78 bits per heavy atom. The summed E-state index contributed by atoms with van der Waals surface area (Å²) in [6, 6.07) is 10.9. The summed E-state index contributed by atoms with van der Waals surface area (Å²) in [6.07, 6.45) is 2.05. The van der Waals surface area contributed by atoms with E-state index in [1.807, 2.05) is 37.3 Å². The molecule has 5 heteroatoms. The minimum atomic E-state index is -0.286. The monoisotopic (exact) mass is 245 g/mol. The number of hydrogen-bond acceptors (Lipinski definition) is 4. The van der Waals surface area contributed by atoms with E-state index in [1.54, 1.807) is 6.20 Å². The van der Waals surface area contributed by atoms with Crippen molar-refractivity contribution in [1.82, 2.24) is 9.97 Å². The van der Waals surface area contributed by atoms with Crippen molar-refractivity contribution in [2.45, 2.75) is 19.6 Å². The number of nitrogens with zero attached hydrogens (tertiary/aromatic N) is 1. The number of aromatic nitrogens is 2. The Labute approximate surface area is 105 Å². The van der Waals surface area contributed by atoms with E-state index >= 15 is 0 Å². The summed E-state index contributed by atoms with van der Waals surface area (Å²) in [5.41, 5.74) is -0.286. The summed E-state index contributed by atoms with van der Waals surface area (Å²) in [5, 5.41) is 3.03. The topological polar surface area (TPSA) is 67.0 Å². The van der Waals surface area contributed by atoms with Gasteiger partial charge in [0.1, 0.15) is 5.75 Å². The molecule has 94 valence electrons. The standard InChI is InChI=1S/C13H15N3O2/c1-2-12(18-10-6-4-3-5-7-10)16-13-14-9-8-11(17)15-13/h3-9,12H,2H2,1H3,(H2,14,15,16,17). The van der Waals surface area contributed by atoms with Crippen LogP contribution >= 0.6 is 0 Å². The zero-order chi connectivity index (χ0) is 12.8. The quantitative estimate of drug-likeness (QED) is 0.791. The average Bonchev–Trinajstić information content (AvgIpc) is 2.39. The maximum Gasteiger partial charge on any atom is 0.274 e. The van der Waals surface area contributed by atoms with Gasteiger partial charge in [-0.15, -0.1) is 0 Å². The second-order valence-electron chi connectivity index (χ2n) is 3.75. The highest BCUT2D eigenvalue weighted by atomic mass is 16.5. The molecule has 5 nitrogen and oxygen atoms in total. The first kappa shape index (κ1) is 12.2. The normalized spacial score (nSPS) is 11.8. The van der Waals surface area contributed by atoms with Crippen LogP contribution in [-0.4, -0.2) is 16.2 Å². The van der Waals surface area contributed by atoms with Gasteiger partial charge in [0.2, 0.25) is 5.95 Å². The Hall–Kier alpha value is -2.30. The van der Waals surface area contributed by atoms with Crippen LogP contribution in [-0.2, 0) is 0 Å². The third-order valence-electron chi connectivity index (χ3n) is 2.36. The molecule has 1 aromatic carbocycles. The van der Waals surface area contributed by atoms with Gasteiger partial charge in [0.15, 0.2) is 6.23 Å². The van der Waals surface area contributed by atoms with E-state index < -0.39 is 0 Å². The number of aromatic amines is 1. The molecule has 0 aliphatic rings. The Balaban J connectivity index is 2.04. The molecule has 2 aromatic rings. The third kappa shape index (κ3) is 3.35. The molecule has 0 saturated heterocycles. The van der Waals surface area contributed by atoms with E-state index in [0.29, 0.717) is 5.95 Å². The fourth-order valence-corrected chi connectivity index (χ4v) is 1.48. The van der Waals surface area contributed by atoms with Gasteiger partial charge in [-0.3, -0.25) is 4.79 Å². The van der Waals surface area contributed by atoms with Gasteiger partial charge >= 0.3 is 0 Å². The molecular formula is C13H15N3O2. The highest BCUT2D eigenvalue weighted by molar-refractivity contribution is 5.26. The molecule has 0 bridgehead atoms. The largest absolute Gasteiger partial charge is 0.471 e. The molecule has 2 rings (SSSR count). The molecule has 1 unspecified atom stereocenters. The summed E-state index contributed by atoms with van der Waals surface area (Å²) < 4.78 is 5.73. The van der Waals surface area contributed by atoms with Crippen molar-refractivity contribution in [2.75, 3.05) is 5.32 Å². The van der Waals surface area contributed by atoms with Crippen LogP contribution in [0.2, 0.25) is 0 Å². The van der Waals surface area contributed by atoms with Gasteiger partial charge in [-0.25, -0.2) is 0 Å². The second kappa shape index (κ2) is 5.86. The maximum absolute atomic E-state index is 11.1. The average molecular weight is 245 g/mol. The number of H-pyrrole nitrogens is 1. The van der Waals surface area contributed by atoms with Crippen molar-refractivity contribution >= 4 is 5.95 Å². The number of benzene rings is 1. The van der Waals surface area contributed by atoms with Crippen LogP contribution in [0.5, 0.6) is 5.75 Å². The van der Waals surface area contributed by atoms with Gasteiger partial charge < -0.3 is 15.0 Å². The number of anilines is 1. The van der Waals surface area contributed by atoms with Crippen molar-refractivity contribution in [3.05, 3.63) is 52.9 Å². The molecule has 0 spiro atoms. The number of ether oxygens (including phenoxy) is 1. The van der Waals surface area contributed by atoms with Gasteiger partial charge in [-0.1, -0.05) is 25.1 Å². The molecule has 0 amide bonds. The number of para-hydroxylation sites is 1. The lowest BCUT2D eigenvalue weighted by molar-refractivity contribution is 0.224. The van der Waals surface area contributed by atoms with E-state index in [2.05, 4.69) is 15.3 Å². The molecule has 0 aliphatic heterocycles. The van der Waals surface area contributed by atoms with Gasteiger partial charge in [0.05, 0.1) is 0 Å². The van der Waals surface area contributed by atoms with Crippen LogP contribution in [0, 0.1) is 0 Å². The zero-order valence-electron chi connectivity index (χ0n) is 10.1. The number of hydrogen-bond donors (Lipinski definition) is 2. The second-order valence-corrected chi connectivity index (χ2v) is 3.75. The summed E-state index contributed by atoms with van der Waals surface area (Å²) in [4.78, 5) is 17.8. The predicted molar refractivity (Wildman–Crippen MR) is 69.6 cm³/mol. The first-order valence-corrected chi connectivity index (χ1v) is 5.82. The smallest absolute Gasteiger partial charge is 0.274 e. The molecular weight excluding hydrogens is 230 g/mol. The highest BCUT2D eigenvalue weighted by Gasteiger charge is 2.08. The van der Waals surface area contributed by atoms with Crippen LogP contribution in [0.15, 0.2) is 47.4 Å². The lowest BCUT2D eigenvalue weighted by atomic mass is 10.3. The van der Waals surface area contributed by atoms with E-state index in [1.165, 1.54) is 6.07 Å². The molecule has 1 atom stereocenters. The third-order valence-corrected chi connectivity index (χ3v) is 2.36. The first-order valence-electron chi connectivity index (χ1n) is 5.82. The van der Waals surface area contributed by atoms with Crippen molar-refractivity contribution in [3.8, 4) is 5.75 Å². The van der Waals surface area contributed by atoms with Gasteiger partial charge in [-0.05, 0) is 12.1 Å². The molecule has 1 heterocycles. The molecule has 0 aliphatic carbocycles. The van der Waals surface area contributed by atoms with E-state index in [9.17, 15) is 4.79 Å². The highest BCUT2D eigenvalue weighted by Crippen LogP contribution is 2.12. The Kier molecular flexibility index (Phi) is 3.96. The lowest BCUT2D eigenvalue weighted by Gasteiger charge is -2.18. The van der Waals surface area contributed by atoms with Crippen molar-refractivity contribution in [2.24, 2.45) is 0 Å². The van der Waals surface area contributed by atoms with Crippen LogP contribution in [0.3, 0.4) is 0 Å². The SMILES string of the molecule is CCC(Nc1nc(=O)cc[nH]1)Oc1ccccc1. The number of rotatable bonds is 5. The van der Waals surface area contributed by atoms with Crippen molar-refractivity contribution < 1.29 is 4.74 Å². The number of nitrogens with one attached hydrogen (secondary N) is 2. The lowest BCUT2D eigenvalue weighted by Crippen LogP contribution is -2.27. The predicted octanol–water partition coefficient (Wildman–Crippen LogP) is 2.00. The van der Waals surface area contributed by atoms with Gasteiger partial charge in [0, 0.05) is 18.7 Å². The minimum Gasteiger partial charge on any atom is -0.471 e. The Morgan fingerprint density at radius 2 is 2.11 bits per heavy atom. The summed E-state index contributed by atoms with van der Waals surface area (Å²) in [7, 11) is 0. The van der Waals surface area contributed by atoms with Crippen LogP contribution in [0.1, 0.15) is 13.3 Å². The van der Waals surface area contributed by atoms with E-state index in [4.69, 9.17) is 4.74 Å². The molecule has 0 saturated carbocycles. The van der Waals surface area contributed by atoms with Crippen LogP contribution < -0.4 is 15.6 Å². The van der Waals surface area contributed by atoms with E-state index in [0.717, 1.165) is 12.2 Å². The van der Waals surface area contributed by atoms with Crippen LogP contribution in [0.4, 0.5) is 5.95 Å². The van der Waals surface area contributed by atoms with Crippen molar-refractivity contribution in [1.29, 1.82) is 0 Å². The minimum absolute atomic E-state index is 0.238. The fraction of sp³-hybridized carbons (Fsp3) is 0.231. The molecule has 18 heavy (non-hydrogen) atoms. The maximum atomic E-state index is 11.1.